The molecule has 0 spiro atoms. The van der Waals surface area contributed by atoms with Crippen LogP contribution in [0.4, 0.5) is 0 Å². The molecule has 7 heteroatoms. The van der Waals surface area contributed by atoms with Crippen LogP contribution < -0.4 is 5.32 Å². The summed E-state index contributed by atoms with van der Waals surface area (Å²) in [6, 6.07) is 10.2. The molecule has 3 aromatic rings. The van der Waals surface area contributed by atoms with Crippen molar-refractivity contribution in [3.05, 3.63) is 64.6 Å². The van der Waals surface area contributed by atoms with Gasteiger partial charge in [-0.15, -0.1) is 0 Å². The zero-order valence-corrected chi connectivity index (χ0v) is 16.0. The van der Waals surface area contributed by atoms with Crippen LogP contribution >= 0.6 is 0 Å². The quantitative estimate of drug-likeness (QED) is 0.662. The van der Waals surface area contributed by atoms with Gasteiger partial charge in [-0.25, -0.2) is 0 Å². The number of benzene rings is 1. The van der Waals surface area contributed by atoms with Crippen LogP contribution in [0.2, 0.25) is 0 Å². The third-order valence-corrected chi connectivity index (χ3v) is 4.53. The monoisotopic (exact) mass is 367 g/mol. The lowest BCUT2D eigenvalue weighted by Gasteiger charge is -2.07. The van der Waals surface area contributed by atoms with E-state index in [9.17, 15) is 4.79 Å². The summed E-state index contributed by atoms with van der Waals surface area (Å²) in [4.78, 5) is 16.3. The van der Waals surface area contributed by atoms with Gasteiger partial charge in [0.1, 0.15) is 0 Å². The molecule has 2 aromatic heterocycles. The van der Waals surface area contributed by atoms with Gasteiger partial charge in [-0.05, 0) is 32.8 Å². The van der Waals surface area contributed by atoms with Gasteiger partial charge in [-0.1, -0.05) is 35.5 Å². The predicted molar refractivity (Wildman–Crippen MR) is 101 cm³/mol. The molecule has 7 nitrogen and oxygen atoms in total. The lowest BCUT2D eigenvalue weighted by Crippen LogP contribution is -2.23. The molecule has 0 saturated heterocycles. The minimum absolute atomic E-state index is 0.0147. The van der Waals surface area contributed by atoms with E-state index in [1.54, 1.807) is 6.92 Å². The maximum atomic E-state index is 12.1. The molecule has 1 amide bonds. The first-order valence-corrected chi connectivity index (χ1v) is 9.15. The van der Waals surface area contributed by atoms with Crippen molar-refractivity contribution in [3.63, 3.8) is 0 Å². The van der Waals surface area contributed by atoms with Crippen molar-refractivity contribution in [2.75, 3.05) is 0 Å². The van der Waals surface area contributed by atoms with E-state index in [1.165, 1.54) is 5.56 Å². The summed E-state index contributed by atoms with van der Waals surface area (Å²) in [6.45, 7) is 7.02. The number of aromatic nitrogens is 4. The average molecular weight is 367 g/mol. The first kappa shape index (κ1) is 18.8. The van der Waals surface area contributed by atoms with E-state index in [4.69, 9.17) is 4.52 Å². The van der Waals surface area contributed by atoms with Crippen molar-refractivity contribution in [1.82, 2.24) is 25.2 Å². The molecule has 0 bridgehead atoms. The van der Waals surface area contributed by atoms with Crippen LogP contribution in [0.1, 0.15) is 47.1 Å². The molecule has 0 saturated carbocycles. The maximum absolute atomic E-state index is 12.1. The van der Waals surface area contributed by atoms with Gasteiger partial charge in [-0.3, -0.25) is 9.48 Å². The highest BCUT2D eigenvalue weighted by molar-refractivity contribution is 5.75. The molecule has 0 unspecified atom stereocenters. The summed E-state index contributed by atoms with van der Waals surface area (Å²) < 4.78 is 7.04. The second-order valence-corrected chi connectivity index (χ2v) is 6.66. The van der Waals surface area contributed by atoms with Crippen LogP contribution in [0.25, 0.3) is 0 Å². The minimum Gasteiger partial charge on any atom is -0.352 e. The van der Waals surface area contributed by atoms with Crippen LogP contribution in [0, 0.1) is 20.8 Å². The predicted octanol–water partition coefficient (Wildman–Crippen LogP) is 2.88. The molecule has 27 heavy (non-hydrogen) atoms. The maximum Gasteiger partial charge on any atom is 0.226 e. The number of hydrogen-bond acceptors (Lipinski definition) is 5. The Balaban J connectivity index is 1.50. The van der Waals surface area contributed by atoms with Gasteiger partial charge in [0.15, 0.2) is 5.82 Å². The molecule has 0 atom stereocenters. The Kier molecular flexibility index (Phi) is 6.01. The number of nitrogens with one attached hydrogen (secondary N) is 1. The highest BCUT2D eigenvalue weighted by Crippen LogP contribution is 2.15. The minimum atomic E-state index is 0.0147. The van der Waals surface area contributed by atoms with Gasteiger partial charge in [0.05, 0.1) is 12.2 Å². The Morgan fingerprint density at radius 1 is 1.19 bits per heavy atom. The Morgan fingerprint density at radius 3 is 2.67 bits per heavy atom. The Morgan fingerprint density at radius 2 is 1.96 bits per heavy atom. The Bertz CT molecular complexity index is 898. The summed E-state index contributed by atoms with van der Waals surface area (Å²) in [6.07, 6.45) is 1.72. The van der Waals surface area contributed by atoms with Gasteiger partial charge in [0, 0.05) is 30.6 Å². The smallest absolute Gasteiger partial charge is 0.226 e. The summed E-state index contributed by atoms with van der Waals surface area (Å²) in [5.74, 6) is 1.21. The van der Waals surface area contributed by atoms with Gasteiger partial charge in [0.25, 0.3) is 0 Å². The molecule has 142 valence electrons. The molecule has 0 aliphatic heterocycles. The number of carbonyl (C=O) groups is 1. The van der Waals surface area contributed by atoms with E-state index < -0.39 is 0 Å². The molecule has 3 rings (SSSR count). The lowest BCUT2D eigenvalue weighted by molar-refractivity contribution is -0.121. The fourth-order valence-electron chi connectivity index (χ4n) is 3.02. The van der Waals surface area contributed by atoms with Crippen LogP contribution in [0.15, 0.2) is 34.9 Å². The molecule has 1 N–H and O–H groups in total. The lowest BCUT2D eigenvalue weighted by atomic mass is 10.1. The first-order chi connectivity index (χ1) is 13.0. The summed E-state index contributed by atoms with van der Waals surface area (Å²) >= 11 is 0. The number of rotatable bonds is 8. The average Bonchev–Trinajstić information content (AvgIpc) is 3.17. The van der Waals surface area contributed by atoms with Crippen LogP contribution in [-0.4, -0.2) is 25.8 Å². The van der Waals surface area contributed by atoms with Crippen LogP contribution in [0.5, 0.6) is 0 Å². The van der Waals surface area contributed by atoms with E-state index in [1.807, 2.05) is 36.7 Å². The molecular formula is C20H25N5O2. The second kappa shape index (κ2) is 8.62. The van der Waals surface area contributed by atoms with Crippen molar-refractivity contribution < 1.29 is 9.32 Å². The van der Waals surface area contributed by atoms with Crippen LogP contribution in [0.3, 0.4) is 0 Å². The number of amides is 1. The second-order valence-electron chi connectivity index (χ2n) is 6.66. The largest absolute Gasteiger partial charge is 0.352 e. The molecule has 2 heterocycles. The molecule has 0 aliphatic rings. The molecule has 1 aromatic carbocycles. The fraction of sp³-hybridized carbons (Fsp3) is 0.400. The highest BCUT2D eigenvalue weighted by Gasteiger charge is 2.13. The van der Waals surface area contributed by atoms with Gasteiger partial charge in [-0.2, -0.15) is 10.1 Å². The normalized spacial score (nSPS) is 10.9. The first-order valence-electron chi connectivity index (χ1n) is 9.15. The van der Waals surface area contributed by atoms with E-state index in [2.05, 4.69) is 32.7 Å². The molecular weight excluding hydrogens is 342 g/mol. The van der Waals surface area contributed by atoms with Crippen molar-refractivity contribution in [1.29, 1.82) is 0 Å². The zero-order valence-electron chi connectivity index (χ0n) is 16.0. The zero-order chi connectivity index (χ0) is 19.2. The molecule has 0 fully saturated rings. The highest BCUT2D eigenvalue weighted by atomic mass is 16.5. The van der Waals surface area contributed by atoms with Crippen molar-refractivity contribution in [2.45, 2.75) is 53.1 Å². The van der Waals surface area contributed by atoms with Crippen LogP contribution in [-0.2, 0) is 24.3 Å². The van der Waals surface area contributed by atoms with E-state index in [0.717, 1.165) is 23.5 Å². The third-order valence-electron chi connectivity index (χ3n) is 4.53. The number of hydrogen-bond donors (Lipinski definition) is 1. The summed E-state index contributed by atoms with van der Waals surface area (Å²) in [5, 5.41) is 11.4. The van der Waals surface area contributed by atoms with E-state index >= 15 is 0 Å². The van der Waals surface area contributed by atoms with Gasteiger partial charge >= 0.3 is 0 Å². The number of aryl methyl sites for hydroxylation is 3. The van der Waals surface area contributed by atoms with E-state index in [-0.39, 0.29) is 5.91 Å². The standard InChI is InChI=1S/C20H25N5O2/c1-14-18(15(2)25(23-14)13-17-8-5-4-6-9-17)12-21-19(26)10-7-11-20-22-16(3)24-27-20/h4-6,8-9H,7,10-13H2,1-3H3,(H,21,26). The van der Waals surface area contributed by atoms with Crippen molar-refractivity contribution >= 4 is 5.91 Å². The summed E-state index contributed by atoms with van der Waals surface area (Å²) in [5.41, 5.74) is 4.31. The fourth-order valence-corrected chi connectivity index (χ4v) is 3.02. The molecule has 0 aliphatic carbocycles. The summed E-state index contributed by atoms with van der Waals surface area (Å²) in [7, 11) is 0. The van der Waals surface area contributed by atoms with Crippen molar-refractivity contribution in [2.24, 2.45) is 0 Å². The Hall–Kier alpha value is -2.96. The number of nitrogens with zero attached hydrogens (tertiary/aromatic N) is 4. The molecule has 0 radical (unpaired) electrons. The van der Waals surface area contributed by atoms with Gasteiger partial charge < -0.3 is 9.84 Å². The Labute approximate surface area is 158 Å². The number of carbonyl (C=O) groups excluding carboxylic acids is 1. The van der Waals surface area contributed by atoms with E-state index in [0.29, 0.717) is 37.5 Å². The van der Waals surface area contributed by atoms with Crippen molar-refractivity contribution in [3.8, 4) is 0 Å². The SMILES string of the molecule is Cc1noc(CCCC(=O)NCc2c(C)nn(Cc3ccccc3)c2C)n1. The van der Waals surface area contributed by atoms with Gasteiger partial charge in [0.2, 0.25) is 11.8 Å². The third kappa shape index (κ3) is 5.03. The topological polar surface area (TPSA) is 85.8 Å².